The van der Waals surface area contributed by atoms with Gasteiger partial charge in [0, 0.05) is 4.90 Å². The topological polar surface area (TPSA) is 73.1 Å². The van der Waals surface area contributed by atoms with E-state index >= 15 is 0 Å². The second kappa shape index (κ2) is 4.54. The molecule has 0 fully saturated rings. The van der Waals surface area contributed by atoms with Gasteiger partial charge in [-0.2, -0.15) is 0 Å². The van der Waals surface area contributed by atoms with Crippen LogP contribution < -0.4 is 5.14 Å². The number of aromatic nitrogens is 1. The summed E-state index contributed by atoms with van der Waals surface area (Å²) in [6.45, 7) is 0. The van der Waals surface area contributed by atoms with Gasteiger partial charge >= 0.3 is 0 Å². The molecule has 2 N–H and O–H groups in total. The first-order valence-electron chi connectivity index (χ1n) is 4.27. The standard InChI is InChI=1S/C9H8N2O2S3/c10-16(12,13)8-6-11-9(15-8)14-7-4-2-1-3-5-7/h1-6H,(H2,10,12,13). The summed E-state index contributed by atoms with van der Waals surface area (Å²) in [5.41, 5.74) is 0. The fraction of sp³-hybridized carbons (Fsp3) is 0. The molecule has 1 aromatic carbocycles. The third-order valence-corrected chi connectivity index (χ3v) is 5.18. The Labute approximate surface area is 102 Å². The van der Waals surface area contributed by atoms with Crippen LogP contribution in [-0.4, -0.2) is 13.4 Å². The van der Waals surface area contributed by atoms with Crippen molar-refractivity contribution in [3.63, 3.8) is 0 Å². The Morgan fingerprint density at radius 3 is 2.50 bits per heavy atom. The lowest BCUT2D eigenvalue weighted by Crippen LogP contribution is -2.09. The van der Waals surface area contributed by atoms with Crippen LogP contribution in [0.1, 0.15) is 0 Å². The number of nitrogens with zero attached hydrogens (tertiary/aromatic N) is 1. The Morgan fingerprint density at radius 2 is 1.94 bits per heavy atom. The first-order chi connectivity index (χ1) is 7.55. The zero-order valence-electron chi connectivity index (χ0n) is 8.03. The van der Waals surface area contributed by atoms with Gasteiger partial charge in [-0.3, -0.25) is 0 Å². The van der Waals surface area contributed by atoms with Gasteiger partial charge in [-0.1, -0.05) is 41.3 Å². The Kier molecular flexibility index (Phi) is 3.29. The summed E-state index contributed by atoms with van der Waals surface area (Å²) in [4.78, 5) is 5.01. The molecule has 2 rings (SSSR count). The zero-order valence-corrected chi connectivity index (χ0v) is 10.5. The summed E-state index contributed by atoms with van der Waals surface area (Å²) in [7, 11) is -3.63. The molecule has 0 atom stereocenters. The molecular weight excluding hydrogens is 264 g/mol. The van der Waals surface area contributed by atoms with Gasteiger partial charge in [-0.15, -0.1) is 0 Å². The molecule has 0 spiro atoms. The number of benzene rings is 1. The minimum absolute atomic E-state index is 0.0888. The van der Waals surface area contributed by atoms with E-state index in [1.807, 2.05) is 30.3 Å². The van der Waals surface area contributed by atoms with E-state index in [1.54, 1.807) is 0 Å². The molecule has 0 aliphatic carbocycles. The summed E-state index contributed by atoms with van der Waals surface area (Å²) in [6.07, 6.45) is 1.28. The minimum atomic E-state index is -3.63. The smallest absolute Gasteiger partial charge is 0.236 e. The zero-order chi connectivity index (χ0) is 11.6. The third-order valence-electron chi connectivity index (χ3n) is 1.69. The second-order valence-corrected chi connectivity index (χ2v) is 7.04. The van der Waals surface area contributed by atoms with E-state index in [0.717, 1.165) is 16.2 Å². The van der Waals surface area contributed by atoms with E-state index in [-0.39, 0.29) is 4.21 Å². The largest absolute Gasteiger partial charge is 0.249 e. The molecule has 1 aromatic heterocycles. The van der Waals surface area contributed by atoms with E-state index in [1.165, 1.54) is 18.0 Å². The van der Waals surface area contributed by atoms with Crippen molar-refractivity contribution in [2.45, 2.75) is 13.4 Å². The van der Waals surface area contributed by atoms with Gasteiger partial charge in [0.25, 0.3) is 0 Å². The Morgan fingerprint density at radius 1 is 1.25 bits per heavy atom. The van der Waals surface area contributed by atoms with E-state index in [2.05, 4.69) is 4.98 Å². The summed E-state index contributed by atoms with van der Waals surface area (Å²) >= 11 is 2.49. The van der Waals surface area contributed by atoms with Crippen LogP contribution in [0.5, 0.6) is 0 Å². The molecule has 7 heteroatoms. The Balaban J connectivity index is 2.22. The average Bonchev–Trinajstić information content (AvgIpc) is 2.67. The van der Waals surface area contributed by atoms with Crippen molar-refractivity contribution < 1.29 is 8.42 Å². The molecule has 2 aromatic rings. The van der Waals surface area contributed by atoms with Crippen LogP contribution in [-0.2, 0) is 10.0 Å². The van der Waals surface area contributed by atoms with Crippen molar-refractivity contribution >= 4 is 33.1 Å². The Hall–Kier alpha value is -0.890. The average molecular weight is 272 g/mol. The second-order valence-electron chi connectivity index (χ2n) is 2.91. The van der Waals surface area contributed by atoms with Crippen LogP contribution in [0.4, 0.5) is 0 Å². The molecule has 4 nitrogen and oxygen atoms in total. The fourth-order valence-corrected chi connectivity index (χ4v) is 3.78. The van der Waals surface area contributed by atoms with Crippen LogP contribution in [0.15, 0.2) is 50.0 Å². The summed E-state index contributed by atoms with van der Waals surface area (Å²) in [5, 5.41) is 5.00. The summed E-state index contributed by atoms with van der Waals surface area (Å²) < 4.78 is 22.8. The maximum atomic E-state index is 11.0. The van der Waals surface area contributed by atoms with Gasteiger partial charge in [-0.25, -0.2) is 18.5 Å². The first-order valence-corrected chi connectivity index (χ1v) is 7.45. The fourth-order valence-electron chi connectivity index (χ4n) is 1.01. The molecule has 84 valence electrons. The van der Waals surface area contributed by atoms with Crippen molar-refractivity contribution in [2.24, 2.45) is 5.14 Å². The summed E-state index contributed by atoms with van der Waals surface area (Å²) in [6, 6.07) is 9.61. The monoisotopic (exact) mass is 272 g/mol. The third kappa shape index (κ3) is 2.82. The van der Waals surface area contributed by atoms with Gasteiger partial charge in [0.2, 0.25) is 10.0 Å². The highest BCUT2D eigenvalue weighted by Gasteiger charge is 2.12. The van der Waals surface area contributed by atoms with Crippen LogP contribution in [0.25, 0.3) is 0 Å². The number of primary sulfonamides is 1. The van der Waals surface area contributed by atoms with Crippen LogP contribution >= 0.6 is 23.1 Å². The van der Waals surface area contributed by atoms with Crippen molar-refractivity contribution in [1.29, 1.82) is 0 Å². The molecule has 0 bridgehead atoms. The van der Waals surface area contributed by atoms with E-state index in [0.29, 0.717) is 4.34 Å². The van der Waals surface area contributed by atoms with Crippen molar-refractivity contribution in [1.82, 2.24) is 4.98 Å². The maximum absolute atomic E-state index is 11.0. The number of sulfonamides is 1. The van der Waals surface area contributed by atoms with Gasteiger partial charge in [0.05, 0.1) is 6.20 Å². The normalized spacial score (nSPS) is 11.6. The molecule has 0 saturated carbocycles. The number of hydrogen-bond acceptors (Lipinski definition) is 5. The lowest BCUT2D eigenvalue weighted by molar-refractivity contribution is 0.599. The molecule has 0 unspecified atom stereocenters. The molecule has 0 aliphatic rings. The van der Waals surface area contributed by atoms with E-state index < -0.39 is 10.0 Å². The minimum Gasteiger partial charge on any atom is -0.236 e. The predicted molar refractivity (Wildman–Crippen MR) is 64.1 cm³/mol. The van der Waals surface area contributed by atoms with Crippen molar-refractivity contribution in [2.75, 3.05) is 0 Å². The van der Waals surface area contributed by atoms with Crippen LogP contribution in [0, 0.1) is 0 Å². The molecule has 0 radical (unpaired) electrons. The van der Waals surface area contributed by atoms with E-state index in [9.17, 15) is 8.42 Å². The highest BCUT2D eigenvalue weighted by atomic mass is 32.3. The maximum Gasteiger partial charge on any atom is 0.249 e. The lowest BCUT2D eigenvalue weighted by atomic mass is 10.4. The molecule has 1 heterocycles. The van der Waals surface area contributed by atoms with Gasteiger partial charge < -0.3 is 0 Å². The quantitative estimate of drug-likeness (QED) is 0.926. The molecular formula is C9H8N2O2S3. The SMILES string of the molecule is NS(=O)(=O)c1cnc(Sc2ccccc2)s1. The van der Waals surface area contributed by atoms with Crippen molar-refractivity contribution in [3.8, 4) is 0 Å². The van der Waals surface area contributed by atoms with E-state index in [4.69, 9.17) is 5.14 Å². The first kappa shape index (κ1) is 11.6. The highest BCUT2D eigenvalue weighted by Crippen LogP contribution is 2.31. The predicted octanol–water partition coefficient (Wildman–Crippen LogP) is 1.94. The van der Waals surface area contributed by atoms with Gasteiger partial charge in [0.1, 0.15) is 0 Å². The number of nitrogens with two attached hydrogens (primary N) is 1. The van der Waals surface area contributed by atoms with Gasteiger partial charge in [0.15, 0.2) is 8.55 Å². The number of rotatable bonds is 3. The van der Waals surface area contributed by atoms with Crippen LogP contribution in [0.3, 0.4) is 0 Å². The van der Waals surface area contributed by atoms with Crippen molar-refractivity contribution in [3.05, 3.63) is 36.5 Å². The number of hydrogen-bond donors (Lipinski definition) is 1. The molecule has 0 saturated heterocycles. The molecule has 0 amide bonds. The summed E-state index contributed by atoms with van der Waals surface area (Å²) in [5.74, 6) is 0. The number of thiazole rings is 1. The molecule has 16 heavy (non-hydrogen) atoms. The van der Waals surface area contributed by atoms with Crippen LogP contribution in [0.2, 0.25) is 0 Å². The Bertz CT molecular complexity index is 578. The molecule has 0 aliphatic heterocycles. The lowest BCUT2D eigenvalue weighted by Gasteiger charge is -1.94. The van der Waals surface area contributed by atoms with Gasteiger partial charge in [-0.05, 0) is 12.1 Å². The highest BCUT2D eigenvalue weighted by molar-refractivity contribution is 8.01.